The van der Waals surface area contributed by atoms with Crippen LogP contribution < -0.4 is 25.3 Å². The number of halogens is 2. The number of benzene rings is 2. The number of piperazine rings is 1. The Bertz CT molecular complexity index is 1450. The average molecular weight is 613 g/mol. The fourth-order valence-corrected chi connectivity index (χ4v) is 5.72. The summed E-state index contributed by atoms with van der Waals surface area (Å²) in [6, 6.07) is 11.5. The Labute approximate surface area is 256 Å². The molecule has 42 heavy (non-hydrogen) atoms. The second-order valence-electron chi connectivity index (χ2n) is 10.4. The molecule has 0 radical (unpaired) electrons. The van der Waals surface area contributed by atoms with Gasteiger partial charge in [-0.25, -0.2) is 15.0 Å². The lowest BCUT2D eigenvalue weighted by Crippen LogP contribution is -2.49. The summed E-state index contributed by atoms with van der Waals surface area (Å²) in [7, 11) is 1.62. The van der Waals surface area contributed by atoms with Gasteiger partial charge in [0, 0.05) is 50.8 Å². The van der Waals surface area contributed by atoms with Gasteiger partial charge < -0.3 is 20.3 Å². The molecule has 0 aliphatic carbocycles. The van der Waals surface area contributed by atoms with Crippen LogP contribution in [0.4, 0.5) is 28.7 Å². The van der Waals surface area contributed by atoms with Crippen molar-refractivity contribution in [1.82, 2.24) is 14.9 Å². The Morgan fingerprint density at radius 3 is 2.64 bits per heavy atom. The number of methoxy groups -OCH3 is 1. The van der Waals surface area contributed by atoms with Crippen LogP contribution in [0.2, 0.25) is 10.0 Å². The maximum atomic E-state index is 12.4. The maximum absolute atomic E-state index is 12.4. The predicted molar refractivity (Wildman–Crippen MR) is 168 cm³/mol. The van der Waals surface area contributed by atoms with Crippen LogP contribution in [0.3, 0.4) is 0 Å². The van der Waals surface area contributed by atoms with Crippen LogP contribution >= 0.6 is 23.2 Å². The third-order valence-electron chi connectivity index (χ3n) is 7.53. The molecule has 12 heteroatoms. The minimum absolute atomic E-state index is 0.162. The second kappa shape index (κ2) is 13.2. The third-order valence-corrected chi connectivity index (χ3v) is 8.37. The van der Waals surface area contributed by atoms with Crippen molar-refractivity contribution in [2.45, 2.75) is 32.4 Å². The van der Waals surface area contributed by atoms with Crippen LogP contribution in [0.1, 0.15) is 31.9 Å². The molecule has 3 heterocycles. The number of nitrogens with one attached hydrogen (secondary N) is 2. The largest absolute Gasteiger partial charge is 0.494 e. The van der Waals surface area contributed by atoms with E-state index in [1.54, 1.807) is 24.3 Å². The number of amides is 1. The van der Waals surface area contributed by atoms with Crippen LogP contribution in [-0.4, -0.2) is 66.7 Å². The highest BCUT2D eigenvalue weighted by atomic mass is 35.5. The minimum Gasteiger partial charge on any atom is -0.494 e. The van der Waals surface area contributed by atoms with Gasteiger partial charge in [0.25, 0.3) is 0 Å². The Balaban J connectivity index is 1.43. The van der Waals surface area contributed by atoms with Crippen LogP contribution in [0, 0.1) is 0 Å². The quantitative estimate of drug-likeness (QED) is 0.279. The maximum Gasteiger partial charge on any atom is 0.247 e. The van der Waals surface area contributed by atoms with Gasteiger partial charge in [-0.05, 0) is 37.6 Å². The molecule has 0 spiro atoms. The highest BCUT2D eigenvalue weighted by Crippen LogP contribution is 2.41. The lowest BCUT2D eigenvalue weighted by atomic mass is 10.0. The van der Waals surface area contributed by atoms with Gasteiger partial charge in [-0.1, -0.05) is 41.9 Å². The molecular weight excluding hydrogens is 577 g/mol. The molecule has 2 fully saturated rings. The topological polar surface area (TPSA) is 95.1 Å². The molecule has 10 nitrogen and oxygen atoms in total. The summed E-state index contributed by atoms with van der Waals surface area (Å²) in [6.45, 7) is 12.0. The van der Waals surface area contributed by atoms with Gasteiger partial charge in [0.15, 0.2) is 5.82 Å². The Hall–Kier alpha value is -3.57. The average Bonchev–Trinajstić information content (AvgIpc) is 3.49. The number of carbonyl (C=O) groups is 1. The molecule has 2 saturated heterocycles. The van der Waals surface area contributed by atoms with Crippen molar-refractivity contribution in [2.75, 3.05) is 60.5 Å². The first kappa shape index (κ1) is 29.9. The van der Waals surface area contributed by atoms with Crippen LogP contribution in [0.25, 0.3) is 0 Å². The smallest absolute Gasteiger partial charge is 0.247 e. The Kier molecular flexibility index (Phi) is 9.37. The number of hydrogen-bond acceptors (Lipinski definition) is 9. The summed E-state index contributed by atoms with van der Waals surface area (Å²) in [5.74, 6) is 1.39. The molecule has 1 aromatic heterocycles. The molecule has 1 unspecified atom stereocenters. The molecule has 3 aromatic rings. The van der Waals surface area contributed by atoms with E-state index in [4.69, 9.17) is 32.8 Å². The summed E-state index contributed by atoms with van der Waals surface area (Å²) in [4.78, 5) is 31.9. The van der Waals surface area contributed by atoms with Gasteiger partial charge in [-0.15, -0.1) is 0 Å². The third kappa shape index (κ3) is 6.42. The standard InChI is InChI=1S/C30H35Cl2N7O3/c1-5-29(40)36-22-15-23(26(41-4)16-25(22)38-12-10-37(11-13-38)19(2)3)35-27-17-28(34-18-33-27)39-24(9-14-42-39)20-7-6-8-21(31)30(20)32/h5-8,15-19,24H,1,9-14H2,2-4H3,(H,36,40)(H,33,34,35). The first-order valence-corrected chi connectivity index (χ1v) is 14.6. The van der Waals surface area contributed by atoms with Crippen molar-refractivity contribution in [3.05, 3.63) is 71.0 Å². The Morgan fingerprint density at radius 1 is 1.14 bits per heavy atom. The lowest BCUT2D eigenvalue weighted by Gasteiger charge is -2.39. The van der Waals surface area contributed by atoms with E-state index in [1.165, 1.54) is 12.4 Å². The number of hydroxylamine groups is 1. The molecule has 1 amide bonds. The molecular formula is C30H35Cl2N7O3. The van der Waals surface area contributed by atoms with E-state index in [9.17, 15) is 4.79 Å². The van der Waals surface area contributed by atoms with Gasteiger partial charge in [-0.3, -0.25) is 14.5 Å². The molecule has 2 N–H and O–H groups in total. The number of rotatable bonds is 9. The van der Waals surface area contributed by atoms with Crippen molar-refractivity contribution >= 4 is 57.8 Å². The first-order valence-electron chi connectivity index (χ1n) is 13.9. The zero-order valence-electron chi connectivity index (χ0n) is 23.9. The molecule has 2 aromatic carbocycles. The van der Waals surface area contributed by atoms with Crippen LogP contribution in [0.15, 0.2) is 55.4 Å². The summed E-state index contributed by atoms with van der Waals surface area (Å²) in [5, 5.41) is 9.02. The van der Waals surface area contributed by atoms with Gasteiger partial charge in [0.1, 0.15) is 17.9 Å². The fraction of sp³-hybridized carbons (Fsp3) is 0.367. The van der Waals surface area contributed by atoms with E-state index in [1.807, 2.05) is 24.3 Å². The number of ether oxygens (including phenoxy) is 1. The minimum atomic E-state index is -0.297. The van der Waals surface area contributed by atoms with Crippen molar-refractivity contribution in [3.63, 3.8) is 0 Å². The zero-order valence-corrected chi connectivity index (χ0v) is 25.5. The summed E-state index contributed by atoms with van der Waals surface area (Å²) < 4.78 is 5.79. The summed E-state index contributed by atoms with van der Waals surface area (Å²) in [6.07, 6.45) is 3.44. The number of anilines is 5. The first-order chi connectivity index (χ1) is 20.3. The lowest BCUT2D eigenvalue weighted by molar-refractivity contribution is -0.111. The predicted octanol–water partition coefficient (Wildman–Crippen LogP) is 6.07. The number of nitrogens with zero attached hydrogens (tertiary/aromatic N) is 5. The number of hydrogen-bond donors (Lipinski definition) is 2. The van der Waals surface area contributed by atoms with E-state index in [2.05, 4.69) is 50.8 Å². The summed E-state index contributed by atoms with van der Waals surface area (Å²) in [5.41, 5.74) is 3.02. The molecule has 5 rings (SSSR count). The van der Waals surface area contributed by atoms with Crippen LogP contribution in [-0.2, 0) is 9.63 Å². The van der Waals surface area contributed by atoms with E-state index in [-0.39, 0.29) is 11.9 Å². The fourth-order valence-electron chi connectivity index (χ4n) is 5.29. The second-order valence-corrected chi connectivity index (χ2v) is 11.2. The number of aromatic nitrogens is 2. The zero-order chi connectivity index (χ0) is 29.8. The van der Waals surface area contributed by atoms with Gasteiger partial charge in [-0.2, -0.15) is 0 Å². The number of carbonyl (C=O) groups excluding carboxylic acids is 1. The van der Waals surface area contributed by atoms with Crippen molar-refractivity contribution < 1.29 is 14.4 Å². The monoisotopic (exact) mass is 611 g/mol. The van der Waals surface area contributed by atoms with Crippen molar-refractivity contribution in [3.8, 4) is 5.75 Å². The van der Waals surface area contributed by atoms with Crippen LogP contribution in [0.5, 0.6) is 5.75 Å². The van der Waals surface area contributed by atoms with Gasteiger partial charge >= 0.3 is 0 Å². The van der Waals surface area contributed by atoms with E-state index >= 15 is 0 Å². The van der Waals surface area contributed by atoms with E-state index in [0.29, 0.717) is 51.5 Å². The SMILES string of the molecule is C=CC(=O)Nc1cc(Nc2cc(N3OCCC3c3cccc(Cl)c3Cl)ncn2)c(OC)cc1N1CCN(C(C)C)CC1. The van der Waals surface area contributed by atoms with Gasteiger partial charge in [0.05, 0.1) is 46.9 Å². The Morgan fingerprint density at radius 2 is 1.93 bits per heavy atom. The molecule has 0 bridgehead atoms. The van der Waals surface area contributed by atoms with E-state index in [0.717, 1.165) is 43.9 Å². The van der Waals surface area contributed by atoms with E-state index < -0.39 is 0 Å². The highest BCUT2D eigenvalue weighted by Gasteiger charge is 2.31. The van der Waals surface area contributed by atoms with Crippen molar-refractivity contribution in [1.29, 1.82) is 0 Å². The molecule has 222 valence electrons. The summed E-state index contributed by atoms with van der Waals surface area (Å²) >= 11 is 12.8. The van der Waals surface area contributed by atoms with Crippen molar-refractivity contribution in [2.24, 2.45) is 0 Å². The van der Waals surface area contributed by atoms with Gasteiger partial charge in [0.2, 0.25) is 5.91 Å². The highest BCUT2D eigenvalue weighted by molar-refractivity contribution is 6.42. The molecule has 0 saturated carbocycles. The molecule has 2 aliphatic rings. The molecule has 1 atom stereocenters. The molecule has 2 aliphatic heterocycles. The normalized spacial score (nSPS) is 17.4.